The number of benzene rings is 1. The van der Waals surface area contributed by atoms with Crippen molar-refractivity contribution in [1.29, 1.82) is 5.26 Å². The van der Waals surface area contributed by atoms with Crippen molar-refractivity contribution in [2.75, 3.05) is 14.2 Å². The van der Waals surface area contributed by atoms with Crippen LogP contribution in [0.15, 0.2) is 12.1 Å². The third-order valence-electron chi connectivity index (χ3n) is 1.92. The summed E-state index contributed by atoms with van der Waals surface area (Å²) in [6.07, 6.45) is -1.51. The second-order valence-corrected chi connectivity index (χ2v) is 2.76. The lowest BCUT2D eigenvalue weighted by Crippen LogP contribution is -2.00. The lowest BCUT2D eigenvalue weighted by molar-refractivity contribution is 0.229. The number of hydrogen-bond donors (Lipinski definition) is 1. The second-order valence-electron chi connectivity index (χ2n) is 2.76. The Balaban J connectivity index is 3.27. The third-order valence-corrected chi connectivity index (χ3v) is 1.92. The first-order valence-corrected chi connectivity index (χ1v) is 4.13. The van der Waals surface area contributed by atoms with Crippen molar-refractivity contribution in [2.45, 2.75) is 6.10 Å². The van der Waals surface area contributed by atoms with Crippen molar-refractivity contribution < 1.29 is 19.0 Å². The van der Waals surface area contributed by atoms with Gasteiger partial charge in [0.2, 0.25) is 0 Å². The van der Waals surface area contributed by atoms with Crippen LogP contribution in [0.1, 0.15) is 11.7 Å². The molecule has 0 amide bonds. The van der Waals surface area contributed by atoms with Crippen molar-refractivity contribution in [3.05, 3.63) is 23.5 Å². The number of hydrogen-bond acceptors (Lipinski definition) is 4. The lowest BCUT2D eigenvalue weighted by atomic mass is 10.1. The monoisotopic (exact) mass is 211 g/mol. The van der Waals surface area contributed by atoms with Gasteiger partial charge >= 0.3 is 0 Å². The molecule has 0 saturated carbocycles. The minimum atomic E-state index is -1.51. The van der Waals surface area contributed by atoms with Gasteiger partial charge in [-0.1, -0.05) is 0 Å². The number of rotatable bonds is 3. The van der Waals surface area contributed by atoms with E-state index in [2.05, 4.69) is 0 Å². The smallest absolute Gasteiger partial charge is 0.168 e. The number of aliphatic hydroxyl groups is 1. The number of aliphatic hydroxyl groups excluding tert-OH is 1. The highest BCUT2D eigenvalue weighted by atomic mass is 19.1. The van der Waals surface area contributed by atoms with Crippen LogP contribution in [-0.4, -0.2) is 19.3 Å². The Labute approximate surface area is 86.5 Å². The summed E-state index contributed by atoms with van der Waals surface area (Å²) in [7, 11) is 2.76. The topological polar surface area (TPSA) is 62.5 Å². The highest BCUT2D eigenvalue weighted by Gasteiger charge is 2.16. The van der Waals surface area contributed by atoms with E-state index in [1.165, 1.54) is 26.4 Å². The minimum absolute atomic E-state index is 0.129. The van der Waals surface area contributed by atoms with E-state index in [0.29, 0.717) is 0 Å². The van der Waals surface area contributed by atoms with Crippen molar-refractivity contribution in [3.63, 3.8) is 0 Å². The average molecular weight is 211 g/mol. The zero-order chi connectivity index (χ0) is 11.4. The largest absolute Gasteiger partial charge is 0.493 e. The number of methoxy groups -OCH3 is 2. The first-order valence-electron chi connectivity index (χ1n) is 4.13. The van der Waals surface area contributed by atoms with Crippen LogP contribution in [-0.2, 0) is 0 Å². The van der Waals surface area contributed by atoms with Gasteiger partial charge in [-0.2, -0.15) is 5.26 Å². The zero-order valence-corrected chi connectivity index (χ0v) is 8.32. The van der Waals surface area contributed by atoms with Crippen LogP contribution in [0.25, 0.3) is 0 Å². The van der Waals surface area contributed by atoms with Gasteiger partial charge in [-0.15, -0.1) is 0 Å². The van der Waals surface area contributed by atoms with Gasteiger partial charge < -0.3 is 14.6 Å². The first-order chi connectivity index (χ1) is 7.13. The maximum atomic E-state index is 13.3. The number of ether oxygens (including phenoxy) is 2. The molecule has 1 aromatic carbocycles. The van der Waals surface area contributed by atoms with E-state index >= 15 is 0 Å². The van der Waals surface area contributed by atoms with E-state index in [1.54, 1.807) is 0 Å². The minimum Gasteiger partial charge on any atom is -0.493 e. The molecule has 0 aromatic heterocycles. The summed E-state index contributed by atoms with van der Waals surface area (Å²) in [6, 6.07) is 3.83. The van der Waals surface area contributed by atoms with Gasteiger partial charge in [-0.25, -0.2) is 4.39 Å². The molecule has 1 atom stereocenters. The molecular weight excluding hydrogens is 201 g/mol. The second kappa shape index (κ2) is 4.62. The quantitative estimate of drug-likeness (QED) is 0.767. The zero-order valence-electron chi connectivity index (χ0n) is 8.32. The molecule has 0 aliphatic heterocycles. The lowest BCUT2D eigenvalue weighted by Gasteiger charge is -2.11. The molecule has 5 heteroatoms. The summed E-state index contributed by atoms with van der Waals surface area (Å²) in [5, 5.41) is 17.7. The van der Waals surface area contributed by atoms with E-state index in [-0.39, 0.29) is 17.1 Å². The Bertz CT molecular complexity index is 400. The maximum Gasteiger partial charge on any atom is 0.168 e. The van der Waals surface area contributed by atoms with Gasteiger partial charge in [0.25, 0.3) is 0 Å². The van der Waals surface area contributed by atoms with Gasteiger partial charge in [0, 0.05) is 11.6 Å². The van der Waals surface area contributed by atoms with Crippen LogP contribution < -0.4 is 9.47 Å². The van der Waals surface area contributed by atoms with Crippen LogP contribution in [0.2, 0.25) is 0 Å². The molecule has 0 fully saturated rings. The summed E-state index contributed by atoms with van der Waals surface area (Å²) in [5.74, 6) is -0.228. The average Bonchev–Trinajstić information content (AvgIpc) is 2.27. The number of halogens is 1. The van der Waals surface area contributed by atoms with Crippen LogP contribution in [0, 0.1) is 17.1 Å². The van der Waals surface area contributed by atoms with Crippen molar-refractivity contribution in [1.82, 2.24) is 0 Å². The Kier molecular flexibility index (Phi) is 3.47. The predicted octanol–water partition coefficient (Wildman–Crippen LogP) is 1.40. The SMILES string of the molecule is COc1cc(F)c([C@@H](O)C#N)cc1OC. The van der Waals surface area contributed by atoms with E-state index in [9.17, 15) is 9.50 Å². The fourth-order valence-corrected chi connectivity index (χ4v) is 1.15. The van der Waals surface area contributed by atoms with Crippen molar-refractivity contribution >= 4 is 0 Å². The molecule has 0 heterocycles. The molecule has 1 rings (SSSR count). The van der Waals surface area contributed by atoms with Gasteiger partial charge in [-0.3, -0.25) is 0 Å². The van der Waals surface area contributed by atoms with Crippen molar-refractivity contribution in [3.8, 4) is 17.6 Å². The maximum absolute atomic E-state index is 13.3. The predicted molar refractivity (Wildman–Crippen MR) is 50.1 cm³/mol. The Morgan fingerprint density at radius 1 is 1.33 bits per heavy atom. The molecule has 0 saturated heterocycles. The first kappa shape index (κ1) is 11.3. The fourth-order valence-electron chi connectivity index (χ4n) is 1.15. The van der Waals surface area contributed by atoms with Gasteiger partial charge in [-0.05, 0) is 6.07 Å². The summed E-state index contributed by atoms with van der Waals surface area (Å²) in [5.41, 5.74) is -0.129. The van der Waals surface area contributed by atoms with Gasteiger partial charge in [0.15, 0.2) is 17.6 Å². The highest BCUT2D eigenvalue weighted by Crippen LogP contribution is 2.32. The Morgan fingerprint density at radius 2 is 1.87 bits per heavy atom. The van der Waals surface area contributed by atoms with E-state index < -0.39 is 11.9 Å². The van der Waals surface area contributed by atoms with Crippen LogP contribution in [0.5, 0.6) is 11.5 Å². The van der Waals surface area contributed by atoms with E-state index in [0.717, 1.165) is 6.07 Å². The molecule has 80 valence electrons. The molecule has 4 nitrogen and oxygen atoms in total. The third kappa shape index (κ3) is 2.17. The fraction of sp³-hybridized carbons (Fsp3) is 0.300. The van der Waals surface area contributed by atoms with Gasteiger partial charge in [0.1, 0.15) is 5.82 Å². The molecule has 0 unspecified atom stereocenters. The summed E-state index contributed by atoms with van der Waals surface area (Å²) in [4.78, 5) is 0. The molecule has 0 aliphatic rings. The molecular formula is C10H10FNO3. The molecule has 0 radical (unpaired) electrons. The molecule has 0 aliphatic carbocycles. The molecule has 1 N–H and O–H groups in total. The Hall–Kier alpha value is -1.80. The Morgan fingerprint density at radius 3 is 2.33 bits per heavy atom. The normalized spacial score (nSPS) is 11.7. The van der Waals surface area contributed by atoms with E-state index in [4.69, 9.17) is 14.7 Å². The molecule has 15 heavy (non-hydrogen) atoms. The highest BCUT2D eigenvalue weighted by molar-refractivity contribution is 5.45. The van der Waals surface area contributed by atoms with Crippen LogP contribution in [0.3, 0.4) is 0 Å². The molecule has 0 spiro atoms. The summed E-state index contributed by atoms with van der Waals surface area (Å²) < 4.78 is 23.1. The van der Waals surface area contributed by atoms with Crippen LogP contribution in [0.4, 0.5) is 4.39 Å². The van der Waals surface area contributed by atoms with Crippen LogP contribution >= 0.6 is 0 Å². The number of nitrogens with zero attached hydrogens (tertiary/aromatic N) is 1. The van der Waals surface area contributed by atoms with Gasteiger partial charge in [0.05, 0.1) is 20.3 Å². The molecule has 0 bridgehead atoms. The number of nitriles is 1. The molecule has 1 aromatic rings. The van der Waals surface area contributed by atoms with Crippen molar-refractivity contribution in [2.24, 2.45) is 0 Å². The summed E-state index contributed by atoms with van der Waals surface area (Å²) in [6.45, 7) is 0. The summed E-state index contributed by atoms with van der Waals surface area (Å²) >= 11 is 0. The standard InChI is InChI=1S/C10H10FNO3/c1-14-9-3-6(8(13)5-12)7(11)4-10(9)15-2/h3-4,8,13H,1-2H3/t8-/m0/s1. The van der Waals surface area contributed by atoms with E-state index in [1.807, 2.05) is 0 Å².